The molecule has 0 radical (unpaired) electrons. The van der Waals surface area contributed by atoms with E-state index in [9.17, 15) is 0 Å². The van der Waals surface area contributed by atoms with Crippen LogP contribution in [-0.4, -0.2) is 19.4 Å². The maximum Gasteiger partial charge on any atom is 0.239 e. The highest BCUT2D eigenvalue weighted by Gasteiger charge is 2.05. The summed E-state index contributed by atoms with van der Waals surface area (Å²) in [5.41, 5.74) is 8.58. The molecule has 0 bridgehead atoms. The molecule has 0 aliphatic rings. The molecule has 15 heavy (non-hydrogen) atoms. The lowest BCUT2D eigenvalue weighted by atomic mass is 10.2. The van der Waals surface area contributed by atoms with E-state index in [4.69, 9.17) is 5.73 Å². The Hall–Kier alpha value is -2.17. The first kappa shape index (κ1) is 8.16. The van der Waals surface area contributed by atoms with Crippen LogP contribution in [0.4, 0.5) is 5.95 Å². The Morgan fingerprint density at radius 1 is 1.27 bits per heavy atom. The number of nitrogens with two attached hydrogens (primary N) is 1. The van der Waals surface area contributed by atoms with Gasteiger partial charge in [0.1, 0.15) is 6.33 Å². The molecule has 3 rings (SSSR count). The molecule has 5 heteroatoms. The highest BCUT2D eigenvalue weighted by atomic mass is 15.2. The third kappa shape index (κ3) is 1.13. The first-order chi connectivity index (χ1) is 7.24. The molecule has 0 saturated heterocycles. The highest BCUT2D eigenvalue weighted by Crippen LogP contribution is 2.16. The second kappa shape index (κ2) is 2.66. The van der Waals surface area contributed by atoms with Crippen molar-refractivity contribution < 1.29 is 0 Å². The summed E-state index contributed by atoms with van der Waals surface area (Å²) in [7, 11) is 0. The van der Waals surface area contributed by atoms with Crippen LogP contribution >= 0.6 is 0 Å². The average Bonchev–Trinajstić information content (AvgIpc) is 2.53. The van der Waals surface area contributed by atoms with Crippen LogP contribution in [0.15, 0.2) is 24.5 Å². The zero-order chi connectivity index (χ0) is 10.4. The van der Waals surface area contributed by atoms with Crippen molar-refractivity contribution in [3.8, 4) is 0 Å². The molecule has 0 amide bonds. The average molecular weight is 199 g/mol. The van der Waals surface area contributed by atoms with Crippen LogP contribution in [0.2, 0.25) is 0 Å². The first-order valence-electron chi connectivity index (χ1n) is 4.61. The van der Waals surface area contributed by atoms with Crippen LogP contribution < -0.4 is 5.73 Å². The number of benzene rings is 1. The fourth-order valence-corrected chi connectivity index (χ4v) is 1.64. The normalized spacial score (nSPS) is 11.3. The van der Waals surface area contributed by atoms with E-state index >= 15 is 0 Å². The van der Waals surface area contributed by atoms with Crippen molar-refractivity contribution in [2.75, 3.05) is 5.73 Å². The molecule has 0 aliphatic heterocycles. The summed E-state index contributed by atoms with van der Waals surface area (Å²) in [5, 5.41) is 0. The zero-order valence-electron chi connectivity index (χ0n) is 8.18. The number of nitrogen functional groups attached to an aromatic ring is 1. The lowest BCUT2D eigenvalue weighted by Gasteiger charge is -1.94. The molecule has 0 aliphatic carbocycles. The van der Waals surface area contributed by atoms with Gasteiger partial charge in [-0.1, -0.05) is 6.07 Å². The predicted molar refractivity (Wildman–Crippen MR) is 57.4 cm³/mol. The maximum absolute atomic E-state index is 5.50. The predicted octanol–water partition coefficient (Wildman–Crippen LogP) is 1.17. The van der Waals surface area contributed by atoms with Crippen LogP contribution in [0, 0.1) is 6.92 Å². The minimum atomic E-state index is 0.245. The van der Waals surface area contributed by atoms with E-state index in [0.717, 1.165) is 11.0 Å². The SMILES string of the molecule is Cc1ccc2c(c1)nc1nc(N)ncn12. The van der Waals surface area contributed by atoms with Crippen LogP contribution in [0.5, 0.6) is 0 Å². The third-order valence-electron chi connectivity index (χ3n) is 2.35. The number of imidazole rings is 1. The van der Waals surface area contributed by atoms with Crippen molar-refractivity contribution >= 4 is 22.8 Å². The van der Waals surface area contributed by atoms with Gasteiger partial charge in [0.25, 0.3) is 0 Å². The Bertz CT molecular complexity index is 599. The van der Waals surface area contributed by atoms with E-state index < -0.39 is 0 Å². The van der Waals surface area contributed by atoms with Crippen molar-refractivity contribution in [1.29, 1.82) is 0 Å². The second-order valence-electron chi connectivity index (χ2n) is 3.49. The van der Waals surface area contributed by atoms with Crippen molar-refractivity contribution in [3.05, 3.63) is 30.1 Å². The van der Waals surface area contributed by atoms with Crippen LogP contribution in [0.1, 0.15) is 5.56 Å². The van der Waals surface area contributed by atoms with Gasteiger partial charge in [0.15, 0.2) is 0 Å². The molecule has 5 nitrogen and oxygen atoms in total. The van der Waals surface area contributed by atoms with E-state index in [0.29, 0.717) is 5.78 Å². The summed E-state index contributed by atoms with van der Waals surface area (Å²) in [6.07, 6.45) is 1.64. The quantitative estimate of drug-likeness (QED) is 0.590. The monoisotopic (exact) mass is 199 g/mol. The number of aromatic nitrogens is 4. The molecular formula is C10H9N5. The summed E-state index contributed by atoms with van der Waals surface area (Å²) in [6.45, 7) is 2.03. The number of anilines is 1. The largest absolute Gasteiger partial charge is 0.368 e. The molecule has 0 atom stereocenters. The number of hydrogen-bond donors (Lipinski definition) is 1. The fourth-order valence-electron chi connectivity index (χ4n) is 1.64. The van der Waals surface area contributed by atoms with Gasteiger partial charge < -0.3 is 5.73 Å². The molecule has 74 valence electrons. The number of fused-ring (bicyclic) bond motifs is 3. The second-order valence-corrected chi connectivity index (χ2v) is 3.49. The van der Waals surface area contributed by atoms with Crippen molar-refractivity contribution in [1.82, 2.24) is 19.4 Å². The molecule has 1 aromatic carbocycles. The lowest BCUT2D eigenvalue weighted by Crippen LogP contribution is -1.98. The number of hydrogen-bond acceptors (Lipinski definition) is 4. The fraction of sp³-hybridized carbons (Fsp3) is 0.100. The van der Waals surface area contributed by atoms with Gasteiger partial charge in [-0.3, -0.25) is 4.40 Å². The molecule has 0 unspecified atom stereocenters. The van der Waals surface area contributed by atoms with Gasteiger partial charge in [0.2, 0.25) is 11.7 Å². The minimum absolute atomic E-state index is 0.245. The topological polar surface area (TPSA) is 69.1 Å². The molecule has 2 heterocycles. The van der Waals surface area contributed by atoms with E-state index in [1.807, 2.05) is 29.5 Å². The number of aryl methyl sites for hydroxylation is 1. The summed E-state index contributed by atoms with van der Waals surface area (Å²) in [5.74, 6) is 0.831. The van der Waals surface area contributed by atoms with Crippen molar-refractivity contribution in [3.63, 3.8) is 0 Å². The standard InChI is InChI=1S/C10H9N5/c1-6-2-3-8-7(4-6)13-10-14-9(11)12-5-15(8)10/h2-5H,1H3,(H2,11,13,14). The van der Waals surface area contributed by atoms with Gasteiger partial charge in [-0.15, -0.1) is 0 Å². The molecular weight excluding hydrogens is 190 g/mol. The smallest absolute Gasteiger partial charge is 0.239 e. The summed E-state index contributed by atoms with van der Waals surface area (Å²) in [6, 6.07) is 6.05. The Balaban J connectivity index is 2.51. The lowest BCUT2D eigenvalue weighted by molar-refractivity contribution is 1.04. The van der Waals surface area contributed by atoms with Crippen LogP contribution in [-0.2, 0) is 0 Å². The third-order valence-corrected chi connectivity index (χ3v) is 2.35. The minimum Gasteiger partial charge on any atom is -0.368 e. The first-order valence-corrected chi connectivity index (χ1v) is 4.61. The van der Waals surface area contributed by atoms with E-state index in [1.54, 1.807) is 6.33 Å². The molecule has 0 spiro atoms. The van der Waals surface area contributed by atoms with Gasteiger partial charge in [0.05, 0.1) is 11.0 Å². The van der Waals surface area contributed by atoms with Crippen LogP contribution in [0.3, 0.4) is 0 Å². The van der Waals surface area contributed by atoms with Gasteiger partial charge in [-0.25, -0.2) is 9.97 Å². The van der Waals surface area contributed by atoms with E-state index in [2.05, 4.69) is 15.0 Å². The number of nitrogens with zero attached hydrogens (tertiary/aromatic N) is 4. The molecule has 2 aromatic heterocycles. The van der Waals surface area contributed by atoms with Gasteiger partial charge >= 0.3 is 0 Å². The van der Waals surface area contributed by atoms with E-state index in [1.165, 1.54) is 5.56 Å². The van der Waals surface area contributed by atoms with E-state index in [-0.39, 0.29) is 5.95 Å². The van der Waals surface area contributed by atoms with Gasteiger partial charge in [0, 0.05) is 0 Å². The van der Waals surface area contributed by atoms with Crippen LogP contribution in [0.25, 0.3) is 16.8 Å². The Morgan fingerprint density at radius 2 is 2.13 bits per heavy atom. The van der Waals surface area contributed by atoms with Gasteiger partial charge in [-0.2, -0.15) is 4.98 Å². The summed E-state index contributed by atoms with van der Waals surface area (Å²) in [4.78, 5) is 12.4. The highest BCUT2D eigenvalue weighted by molar-refractivity contribution is 5.80. The molecule has 2 N–H and O–H groups in total. The van der Waals surface area contributed by atoms with Crippen molar-refractivity contribution in [2.24, 2.45) is 0 Å². The number of rotatable bonds is 0. The zero-order valence-corrected chi connectivity index (χ0v) is 8.18. The Labute approximate surface area is 85.6 Å². The maximum atomic E-state index is 5.50. The summed E-state index contributed by atoms with van der Waals surface area (Å²) >= 11 is 0. The Kier molecular flexibility index (Phi) is 1.45. The molecule has 0 fully saturated rings. The van der Waals surface area contributed by atoms with Crippen molar-refractivity contribution in [2.45, 2.75) is 6.92 Å². The summed E-state index contributed by atoms with van der Waals surface area (Å²) < 4.78 is 1.82. The molecule has 3 aromatic rings. The van der Waals surface area contributed by atoms with Gasteiger partial charge in [-0.05, 0) is 24.6 Å². The molecule has 0 saturated carbocycles. The Morgan fingerprint density at radius 3 is 3.00 bits per heavy atom.